The number of fused-ring (bicyclic) bond motifs is 1. The normalized spacial score (nSPS) is 14.3. The molecule has 1 aliphatic heterocycles. The number of anilines is 1. The van der Waals surface area contributed by atoms with Crippen molar-refractivity contribution in [2.75, 3.05) is 12.4 Å². The number of carbonyl (C=O) groups is 2. The molecule has 1 aromatic rings. The lowest BCUT2D eigenvalue weighted by molar-refractivity contribution is 0.0836. The van der Waals surface area contributed by atoms with Crippen LogP contribution >= 0.6 is 12.2 Å². The Hall–Kier alpha value is -2.22. The Labute approximate surface area is 102 Å². The van der Waals surface area contributed by atoms with Gasteiger partial charge in [0.15, 0.2) is 0 Å². The van der Waals surface area contributed by atoms with E-state index in [1.54, 1.807) is 12.1 Å². The zero-order valence-electron chi connectivity index (χ0n) is 8.76. The van der Waals surface area contributed by atoms with Crippen molar-refractivity contribution in [3.8, 4) is 0 Å². The summed E-state index contributed by atoms with van der Waals surface area (Å²) in [5, 5.41) is 3.47. The third-order valence-corrected chi connectivity index (χ3v) is 2.34. The Bertz CT molecular complexity index is 505. The van der Waals surface area contributed by atoms with Gasteiger partial charge in [0, 0.05) is 6.20 Å². The van der Waals surface area contributed by atoms with Crippen LogP contribution in [0.25, 0.3) is 0 Å². The first-order valence-corrected chi connectivity index (χ1v) is 4.99. The van der Waals surface area contributed by atoms with Gasteiger partial charge in [0.2, 0.25) is 5.11 Å². The summed E-state index contributed by atoms with van der Waals surface area (Å²) in [6, 6.07) is 3.17. The fourth-order valence-electron chi connectivity index (χ4n) is 1.28. The zero-order chi connectivity index (χ0) is 12.4. The van der Waals surface area contributed by atoms with Crippen LogP contribution in [0, 0.1) is 0 Å². The van der Waals surface area contributed by atoms with Crippen molar-refractivity contribution in [3.63, 3.8) is 0 Å². The maximum atomic E-state index is 11.8. The lowest BCUT2D eigenvalue weighted by Gasteiger charge is -2.18. The molecule has 88 valence electrons. The molecule has 1 aromatic heterocycles. The van der Waals surface area contributed by atoms with E-state index >= 15 is 0 Å². The summed E-state index contributed by atoms with van der Waals surface area (Å²) in [6.07, 6.45) is 0.721. The molecule has 2 rings (SSSR count). The van der Waals surface area contributed by atoms with E-state index in [2.05, 4.69) is 20.5 Å². The fraction of sp³-hybridized carbons (Fsp3) is 0.111. The SMILES string of the molecule is COC(=O)N1NC(=O)c2cccnc2NC1=S. The van der Waals surface area contributed by atoms with Crippen LogP contribution in [0.4, 0.5) is 10.6 Å². The van der Waals surface area contributed by atoms with Crippen molar-refractivity contribution in [3.05, 3.63) is 23.9 Å². The number of nitrogens with one attached hydrogen (secondary N) is 2. The molecule has 8 heteroatoms. The molecule has 0 atom stereocenters. The highest BCUT2D eigenvalue weighted by molar-refractivity contribution is 7.80. The third-order valence-electron chi connectivity index (χ3n) is 2.05. The second-order valence-electron chi connectivity index (χ2n) is 3.08. The maximum Gasteiger partial charge on any atom is 0.435 e. The number of methoxy groups -OCH3 is 1. The molecule has 0 radical (unpaired) electrons. The molecule has 0 saturated carbocycles. The molecule has 0 unspecified atom stereocenters. The van der Waals surface area contributed by atoms with E-state index in [0.717, 1.165) is 5.01 Å². The predicted octanol–water partition coefficient (Wildman–Crippen LogP) is 0.505. The second kappa shape index (κ2) is 4.34. The number of amides is 2. The summed E-state index contributed by atoms with van der Waals surface area (Å²) in [6.45, 7) is 0. The van der Waals surface area contributed by atoms with E-state index in [1.807, 2.05) is 0 Å². The summed E-state index contributed by atoms with van der Waals surface area (Å²) in [5.41, 5.74) is 2.60. The van der Waals surface area contributed by atoms with E-state index < -0.39 is 12.0 Å². The average molecular weight is 252 g/mol. The number of nitrogens with zero attached hydrogens (tertiary/aromatic N) is 2. The van der Waals surface area contributed by atoms with Gasteiger partial charge in [-0.05, 0) is 24.4 Å². The Morgan fingerprint density at radius 3 is 3.06 bits per heavy atom. The Kier molecular flexibility index (Phi) is 2.88. The number of aromatic nitrogens is 1. The first-order valence-electron chi connectivity index (χ1n) is 4.58. The molecule has 0 spiro atoms. The largest absolute Gasteiger partial charge is 0.451 e. The van der Waals surface area contributed by atoms with Crippen molar-refractivity contribution < 1.29 is 14.3 Å². The van der Waals surface area contributed by atoms with Crippen LogP contribution in [0.1, 0.15) is 10.4 Å². The molecular formula is C9H8N4O3S. The molecule has 17 heavy (non-hydrogen) atoms. The van der Waals surface area contributed by atoms with Crippen molar-refractivity contribution >= 4 is 35.1 Å². The Balaban J connectivity index is 2.38. The van der Waals surface area contributed by atoms with E-state index in [9.17, 15) is 9.59 Å². The second-order valence-corrected chi connectivity index (χ2v) is 3.46. The maximum absolute atomic E-state index is 11.8. The number of hydrogen-bond acceptors (Lipinski definition) is 5. The molecule has 2 amide bonds. The van der Waals surface area contributed by atoms with Gasteiger partial charge in [0.1, 0.15) is 5.82 Å². The summed E-state index contributed by atoms with van der Waals surface area (Å²) in [5.74, 6) is -0.202. The number of hydrazine groups is 1. The number of pyridine rings is 1. The van der Waals surface area contributed by atoms with E-state index in [0.29, 0.717) is 11.4 Å². The summed E-state index contributed by atoms with van der Waals surface area (Å²) in [7, 11) is 1.19. The van der Waals surface area contributed by atoms with Gasteiger partial charge in [-0.15, -0.1) is 0 Å². The molecule has 0 aromatic carbocycles. The molecule has 0 saturated heterocycles. The number of ether oxygens (including phenoxy) is 1. The predicted molar refractivity (Wildman–Crippen MR) is 62.2 cm³/mol. The van der Waals surface area contributed by atoms with E-state index in [1.165, 1.54) is 13.3 Å². The molecular weight excluding hydrogens is 244 g/mol. The van der Waals surface area contributed by atoms with Crippen molar-refractivity contribution in [2.24, 2.45) is 0 Å². The van der Waals surface area contributed by atoms with Crippen LogP contribution in [0.15, 0.2) is 18.3 Å². The van der Waals surface area contributed by atoms with Gasteiger partial charge in [0.25, 0.3) is 5.91 Å². The van der Waals surface area contributed by atoms with Gasteiger partial charge in [-0.25, -0.2) is 9.78 Å². The van der Waals surface area contributed by atoms with Gasteiger partial charge in [-0.1, -0.05) is 0 Å². The molecule has 0 bridgehead atoms. The van der Waals surface area contributed by atoms with Crippen molar-refractivity contribution in [1.82, 2.24) is 15.4 Å². The van der Waals surface area contributed by atoms with Gasteiger partial charge < -0.3 is 10.1 Å². The van der Waals surface area contributed by atoms with E-state index in [4.69, 9.17) is 12.2 Å². The highest BCUT2D eigenvalue weighted by Gasteiger charge is 2.28. The molecule has 0 fully saturated rings. The third kappa shape index (κ3) is 2.02. The lowest BCUT2D eigenvalue weighted by atomic mass is 10.2. The summed E-state index contributed by atoms with van der Waals surface area (Å²) in [4.78, 5) is 27.1. The molecule has 7 nitrogen and oxygen atoms in total. The summed E-state index contributed by atoms with van der Waals surface area (Å²) < 4.78 is 4.49. The van der Waals surface area contributed by atoms with Crippen LogP contribution in [-0.4, -0.2) is 34.2 Å². The number of hydrogen-bond donors (Lipinski definition) is 2. The van der Waals surface area contributed by atoms with Crippen LogP contribution in [0.2, 0.25) is 0 Å². The monoisotopic (exact) mass is 252 g/mol. The molecule has 2 N–H and O–H groups in total. The first-order chi connectivity index (χ1) is 8.13. The number of carbonyl (C=O) groups excluding carboxylic acids is 2. The van der Waals surface area contributed by atoms with Gasteiger partial charge >= 0.3 is 6.09 Å². The minimum absolute atomic E-state index is 0.0114. The first kappa shape index (κ1) is 11.3. The highest BCUT2D eigenvalue weighted by Crippen LogP contribution is 2.15. The Morgan fingerprint density at radius 2 is 2.35 bits per heavy atom. The quantitative estimate of drug-likeness (QED) is 0.654. The summed E-state index contributed by atoms with van der Waals surface area (Å²) >= 11 is 4.94. The smallest absolute Gasteiger partial charge is 0.435 e. The number of rotatable bonds is 0. The molecule has 2 heterocycles. The van der Waals surface area contributed by atoms with Crippen LogP contribution < -0.4 is 10.7 Å². The lowest BCUT2D eigenvalue weighted by Crippen LogP contribution is -2.49. The average Bonchev–Trinajstić information content (AvgIpc) is 2.46. The Morgan fingerprint density at radius 1 is 1.59 bits per heavy atom. The van der Waals surface area contributed by atoms with Crippen LogP contribution in [-0.2, 0) is 4.74 Å². The standard InChI is InChI=1S/C9H8N4O3S/c1-16-9(15)13-8(17)11-6-5(7(14)12-13)3-2-4-10-6/h2-4H,1H3,(H,12,14)(H,10,11,17). The van der Waals surface area contributed by atoms with Crippen LogP contribution in [0.3, 0.4) is 0 Å². The van der Waals surface area contributed by atoms with Crippen LogP contribution in [0.5, 0.6) is 0 Å². The zero-order valence-corrected chi connectivity index (χ0v) is 9.58. The number of thiocarbonyl (C=S) groups is 1. The van der Waals surface area contributed by atoms with E-state index in [-0.39, 0.29) is 5.11 Å². The van der Waals surface area contributed by atoms with Crippen molar-refractivity contribution in [2.45, 2.75) is 0 Å². The van der Waals surface area contributed by atoms with Gasteiger partial charge in [-0.3, -0.25) is 10.2 Å². The van der Waals surface area contributed by atoms with Gasteiger partial charge in [0.05, 0.1) is 12.7 Å². The topological polar surface area (TPSA) is 83.6 Å². The molecule has 1 aliphatic rings. The van der Waals surface area contributed by atoms with Crippen molar-refractivity contribution in [1.29, 1.82) is 0 Å². The highest BCUT2D eigenvalue weighted by atomic mass is 32.1. The fourth-order valence-corrected chi connectivity index (χ4v) is 1.49. The minimum atomic E-state index is -0.788. The minimum Gasteiger partial charge on any atom is -0.451 e. The molecule has 0 aliphatic carbocycles. The van der Waals surface area contributed by atoms with Gasteiger partial charge in [-0.2, -0.15) is 5.01 Å².